The van der Waals surface area contributed by atoms with Gasteiger partial charge in [0, 0.05) is 0 Å². The summed E-state index contributed by atoms with van der Waals surface area (Å²) in [6.45, 7) is 8.82. The van der Waals surface area contributed by atoms with Crippen LogP contribution in [0.5, 0.6) is 0 Å². The Kier molecular flexibility index (Phi) is 9.93. The van der Waals surface area contributed by atoms with Crippen molar-refractivity contribution in [2.24, 2.45) is 0 Å². The number of allylic oxidation sites excluding steroid dienone is 1. The molecule has 3 aromatic rings. The molecule has 0 fully saturated rings. The van der Waals surface area contributed by atoms with E-state index in [1.165, 1.54) is 50.1 Å². The van der Waals surface area contributed by atoms with Crippen molar-refractivity contribution in [2.45, 2.75) is 37.8 Å². The molecule has 1 atom stereocenters. The molecule has 4 heteroatoms. The molecular formula is C26H25Cl3Ti. The Morgan fingerprint density at radius 1 is 0.667 bits per heavy atom. The minimum Gasteiger partial charge on any atom is -1.00 e. The number of aryl methyl sites for hydroxylation is 4. The molecule has 0 aromatic heterocycles. The zero-order chi connectivity index (χ0) is 19.1. The largest absolute Gasteiger partial charge is 1.00 e. The molecule has 0 saturated heterocycles. The van der Waals surface area contributed by atoms with Gasteiger partial charge in [-0.1, -0.05) is 0 Å². The third-order valence-electron chi connectivity index (χ3n) is 5.45. The van der Waals surface area contributed by atoms with Crippen molar-refractivity contribution in [1.82, 2.24) is 0 Å². The van der Waals surface area contributed by atoms with Crippen molar-refractivity contribution in [2.75, 3.05) is 0 Å². The summed E-state index contributed by atoms with van der Waals surface area (Å²) in [4.78, 5) is 0. The summed E-state index contributed by atoms with van der Waals surface area (Å²) >= 11 is 2.36. The van der Waals surface area contributed by atoms with Crippen LogP contribution in [-0.2, 0) is 20.4 Å². The van der Waals surface area contributed by atoms with E-state index in [4.69, 9.17) is 0 Å². The zero-order valence-corrected chi connectivity index (χ0v) is 21.5. The summed E-state index contributed by atoms with van der Waals surface area (Å²) in [5.41, 5.74) is 12.5. The standard InChI is InChI=1S/C26H25.3ClH.Ti/c1-17-9-18(2)12-23(11-17)26(24-13-19(3)10-20(4)14-24)25-15-21-7-5-6-8-22(21)16-25;;;;/h5-16,26H,1-4H3;3*1H;/q;;;;+3/p-3. The van der Waals surface area contributed by atoms with Crippen LogP contribution in [0, 0.1) is 27.7 Å². The van der Waals surface area contributed by atoms with Gasteiger partial charge in [0.2, 0.25) is 0 Å². The van der Waals surface area contributed by atoms with Gasteiger partial charge >= 0.3 is 175 Å². The third kappa shape index (κ3) is 5.42. The summed E-state index contributed by atoms with van der Waals surface area (Å²) in [7, 11) is 0. The monoisotopic (exact) mass is 490 g/mol. The molecule has 30 heavy (non-hydrogen) atoms. The fraction of sp³-hybridized carbons (Fsp3) is 0.231. The molecule has 3 aromatic carbocycles. The molecular weight excluding hydrogens is 467 g/mol. The van der Waals surface area contributed by atoms with Crippen molar-refractivity contribution in [3.63, 3.8) is 0 Å². The van der Waals surface area contributed by atoms with Crippen molar-refractivity contribution in [1.29, 1.82) is 0 Å². The molecule has 0 amide bonds. The molecule has 1 unspecified atom stereocenters. The van der Waals surface area contributed by atoms with Gasteiger partial charge in [-0.25, -0.2) is 0 Å². The van der Waals surface area contributed by atoms with Crippen molar-refractivity contribution in [3.05, 3.63) is 111 Å². The Morgan fingerprint density at radius 2 is 1.10 bits per heavy atom. The van der Waals surface area contributed by atoms with Crippen molar-refractivity contribution in [3.8, 4) is 0 Å². The SMILES string of the molecule is Cc1cc(C)cc(C(C2=Cc3ccccc3[CH]2[Ti+3])c2cc(C)cc(C)c2)c1.[Cl-].[Cl-].[Cl-]. The number of rotatable bonds is 3. The topological polar surface area (TPSA) is 0 Å². The van der Waals surface area contributed by atoms with Crippen LogP contribution in [0.15, 0.2) is 66.2 Å². The van der Waals surface area contributed by atoms with Gasteiger partial charge in [-0.05, 0) is 0 Å². The van der Waals surface area contributed by atoms with E-state index in [1.807, 2.05) is 0 Å². The molecule has 1 aliphatic carbocycles. The molecule has 0 saturated carbocycles. The minimum absolute atomic E-state index is 0. The first kappa shape index (κ1) is 27.0. The van der Waals surface area contributed by atoms with Gasteiger partial charge in [0.25, 0.3) is 0 Å². The Morgan fingerprint density at radius 3 is 1.53 bits per heavy atom. The van der Waals surface area contributed by atoms with Gasteiger partial charge < -0.3 is 37.2 Å². The van der Waals surface area contributed by atoms with E-state index in [0.717, 1.165) is 0 Å². The van der Waals surface area contributed by atoms with E-state index < -0.39 is 0 Å². The normalized spacial score (nSPS) is 14.2. The average Bonchev–Trinajstić information content (AvgIpc) is 2.91. The number of halogens is 3. The van der Waals surface area contributed by atoms with Crippen LogP contribution in [0.2, 0.25) is 0 Å². The molecule has 0 heterocycles. The average molecular weight is 492 g/mol. The molecule has 0 bridgehead atoms. The molecule has 0 nitrogen and oxygen atoms in total. The Hall–Kier alpha value is -1.02. The predicted molar refractivity (Wildman–Crippen MR) is 111 cm³/mol. The minimum atomic E-state index is 0. The van der Waals surface area contributed by atoms with Gasteiger partial charge in [0.1, 0.15) is 0 Å². The maximum Gasteiger partial charge on any atom is -1.00 e. The molecule has 154 valence electrons. The smallest absolute Gasteiger partial charge is 1.00 e. The first-order valence-electron chi connectivity index (χ1n) is 9.60. The fourth-order valence-corrected chi connectivity index (χ4v) is 5.33. The second-order valence-corrected chi connectivity index (χ2v) is 8.88. The summed E-state index contributed by atoms with van der Waals surface area (Å²) in [6, 6.07) is 22.8. The number of benzene rings is 3. The Labute approximate surface area is 211 Å². The van der Waals surface area contributed by atoms with Crippen LogP contribution in [0.1, 0.15) is 54.6 Å². The van der Waals surface area contributed by atoms with Crippen LogP contribution in [0.25, 0.3) is 6.08 Å². The molecule has 0 radical (unpaired) electrons. The van der Waals surface area contributed by atoms with E-state index in [9.17, 15) is 0 Å². The maximum absolute atomic E-state index is 2.43. The van der Waals surface area contributed by atoms with E-state index in [1.54, 1.807) is 0 Å². The molecule has 0 N–H and O–H groups in total. The Bertz CT molecular complexity index is 964. The van der Waals surface area contributed by atoms with Gasteiger partial charge in [0.05, 0.1) is 0 Å². The van der Waals surface area contributed by atoms with E-state index in [0.29, 0.717) is 10.1 Å². The maximum atomic E-state index is 2.43. The van der Waals surface area contributed by atoms with E-state index >= 15 is 0 Å². The second kappa shape index (κ2) is 11.0. The molecule has 0 aliphatic heterocycles. The first-order chi connectivity index (χ1) is 12.9. The summed E-state index contributed by atoms with van der Waals surface area (Å²) in [6.07, 6.45) is 2.43. The molecule has 4 rings (SSSR count). The van der Waals surface area contributed by atoms with Crippen LogP contribution in [0.4, 0.5) is 0 Å². The number of hydrogen-bond donors (Lipinski definition) is 0. The van der Waals surface area contributed by atoms with Gasteiger partial charge in [0.15, 0.2) is 0 Å². The van der Waals surface area contributed by atoms with Gasteiger partial charge in [-0.15, -0.1) is 0 Å². The van der Waals surface area contributed by atoms with Crippen molar-refractivity contribution < 1.29 is 57.7 Å². The summed E-state index contributed by atoms with van der Waals surface area (Å²) < 4.78 is 0.438. The predicted octanol–water partition coefficient (Wildman–Crippen LogP) is -2.25. The fourth-order valence-electron chi connectivity index (χ4n) is 4.53. The summed E-state index contributed by atoms with van der Waals surface area (Å²) in [5.74, 6) is 0.296. The third-order valence-corrected chi connectivity index (χ3v) is 6.46. The number of hydrogen-bond acceptors (Lipinski definition) is 0. The van der Waals surface area contributed by atoms with Crippen LogP contribution in [0.3, 0.4) is 0 Å². The van der Waals surface area contributed by atoms with Crippen LogP contribution in [-0.4, -0.2) is 0 Å². The molecule has 0 spiro atoms. The van der Waals surface area contributed by atoms with Gasteiger partial charge in [-0.3, -0.25) is 0 Å². The van der Waals surface area contributed by atoms with Gasteiger partial charge in [-0.2, -0.15) is 0 Å². The molecule has 1 aliphatic rings. The van der Waals surface area contributed by atoms with Crippen molar-refractivity contribution >= 4 is 6.08 Å². The van der Waals surface area contributed by atoms with E-state index in [2.05, 4.69) is 115 Å². The summed E-state index contributed by atoms with van der Waals surface area (Å²) in [5, 5.41) is 0. The van der Waals surface area contributed by atoms with Crippen LogP contribution < -0.4 is 37.2 Å². The van der Waals surface area contributed by atoms with E-state index in [-0.39, 0.29) is 37.2 Å². The quantitative estimate of drug-likeness (QED) is 0.363. The first-order valence-corrected chi connectivity index (χ1v) is 10.5. The Balaban J connectivity index is 0.00000150. The number of fused-ring (bicyclic) bond motifs is 1. The second-order valence-electron chi connectivity index (χ2n) is 7.98. The zero-order valence-electron chi connectivity index (χ0n) is 17.6. The van der Waals surface area contributed by atoms with Crippen LogP contribution >= 0.6 is 0 Å².